The number of nitrogens with one attached hydrogen (secondary N) is 1. The minimum absolute atomic E-state index is 0.0164. The molecule has 0 aliphatic carbocycles. The summed E-state index contributed by atoms with van der Waals surface area (Å²) in [5.74, 6) is -0.963. The fraction of sp³-hybridized carbons (Fsp3) is 0.429. The average Bonchev–Trinajstić information content (AvgIpc) is 2.45. The highest BCUT2D eigenvalue weighted by atomic mass is 16.5. The van der Waals surface area contributed by atoms with E-state index >= 15 is 0 Å². The second-order valence-electron chi connectivity index (χ2n) is 4.93. The first-order valence-electron chi connectivity index (χ1n) is 6.49. The minimum atomic E-state index is -0.501. The highest BCUT2D eigenvalue weighted by Gasteiger charge is 2.41. The van der Waals surface area contributed by atoms with Crippen LogP contribution >= 0.6 is 0 Å². The zero-order valence-corrected chi connectivity index (χ0v) is 10.5. The molecule has 1 aromatic rings. The van der Waals surface area contributed by atoms with Crippen LogP contribution < -0.4 is 5.32 Å². The number of fused-ring (bicyclic) bond motifs is 1. The maximum atomic E-state index is 12.0. The third kappa shape index (κ3) is 2.33. The highest BCUT2D eigenvalue weighted by molar-refractivity contribution is 6.35. The van der Waals surface area contributed by atoms with Gasteiger partial charge in [0.1, 0.15) is 0 Å². The van der Waals surface area contributed by atoms with E-state index in [1.54, 1.807) is 4.90 Å². The lowest BCUT2D eigenvalue weighted by Gasteiger charge is -2.43. The van der Waals surface area contributed by atoms with Crippen LogP contribution in [0.15, 0.2) is 30.3 Å². The molecule has 5 heteroatoms. The molecule has 1 aromatic carbocycles. The van der Waals surface area contributed by atoms with E-state index in [2.05, 4.69) is 5.32 Å². The van der Waals surface area contributed by atoms with E-state index in [0.29, 0.717) is 19.8 Å². The van der Waals surface area contributed by atoms with Gasteiger partial charge in [0.15, 0.2) is 0 Å². The predicted molar refractivity (Wildman–Crippen MR) is 68.1 cm³/mol. The van der Waals surface area contributed by atoms with Crippen molar-refractivity contribution in [2.75, 3.05) is 13.2 Å². The largest absolute Gasteiger partial charge is 0.379 e. The molecule has 2 amide bonds. The molecule has 0 radical (unpaired) electrons. The van der Waals surface area contributed by atoms with Crippen molar-refractivity contribution in [3.8, 4) is 0 Å². The molecule has 0 aromatic heterocycles. The van der Waals surface area contributed by atoms with Gasteiger partial charge in [-0.2, -0.15) is 0 Å². The van der Waals surface area contributed by atoms with Crippen molar-refractivity contribution in [2.24, 2.45) is 0 Å². The Balaban J connectivity index is 1.83. The molecule has 0 bridgehead atoms. The van der Waals surface area contributed by atoms with Crippen LogP contribution in [0.4, 0.5) is 0 Å². The standard InChI is InChI=1S/C14H16N2O3/c17-13-14(18)16(8-10-4-2-1-3-5-10)12-9-19-7-6-11(12)15-13/h1-5,11-12H,6-9H2,(H,15,17)/t11?,12-/m1/s1. The Morgan fingerprint density at radius 1 is 1.26 bits per heavy atom. The molecule has 2 atom stereocenters. The van der Waals surface area contributed by atoms with Crippen LogP contribution in [0, 0.1) is 0 Å². The van der Waals surface area contributed by atoms with Crippen molar-refractivity contribution in [1.82, 2.24) is 10.2 Å². The summed E-state index contributed by atoms with van der Waals surface area (Å²) >= 11 is 0. The van der Waals surface area contributed by atoms with E-state index in [4.69, 9.17) is 4.74 Å². The van der Waals surface area contributed by atoms with Crippen molar-refractivity contribution in [2.45, 2.75) is 25.0 Å². The SMILES string of the molecule is O=C1NC2CCOC[C@H]2N(Cc2ccccc2)C1=O. The Morgan fingerprint density at radius 2 is 2.05 bits per heavy atom. The molecule has 0 spiro atoms. The Bertz CT molecular complexity index is 489. The molecule has 100 valence electrons. The lowest BCUT2D eigenvalue weighted by atomic mass is 9.98. The topological polar surface area (TPSA) is 58.6 Å². The van der Waals surface area contributed by atoms with Gasteiger partial charge in [-0.05, 0) is 12.0 Å². The lowest BCUT2D eigenvalue weighted by Crippen LogP contribution is -2.66. The molecule has 2 aliphatic heterocycles. The number of hydrogen-bond donors (Lipinski definition) is 1. The molecule has 1 unspecified atom stereocenters. The van der Waals surface area contributed by atoms with Crippen molar-refractivity contribution in [1.29, 1.82) is 0 Å². The number of benzene rings is 1. The number of amides is 2. The molecule has 2 saturated heterocycles. The second kappa shape index (κ2) is 5.01. The van der Waals surface area contributed by atoms with E-state index < -0.39 is 11.8 Å². The summed E-state index contributed by atoms with van der Waals surface area (Å²) in [5, 5.41) is 2.77. The molecule has 5 nitrogen and oxygen atoms in total. The van der Waals surface area contributed by atoms with Crippen LogP contribution in [-0.2, 0) is 20.9 Å². The molecular weight excluding hydrogens is 244 g/mol. The summed E-state index contributed by atoms with van der Waals surface area (Å²) in [6.45, 7) is 1.58. The van der Waals surface area contributed by atoms with E-state index in [1.807, 2.05) is 30.3 Å². The summed E-state index contributed by atoms with van der Waals surface area (Å²) in [4.78, 5) is 25.4. The maximum Gasteiger partial charge on any atom is 0.312 e. The lowest BCUT2D eigenvalue weighted by molar-refractivity contribution is -0.157. The first-order chi connectivity index (χ1) is 9.25. The average molecular weight is 260 g/mol. The first kappa shape index (κ1) is 12.2. The number of carbonyl (C=O) groups is 2. The minimum Gasteiger partial charge on any atom is -0.379 e. The van der Waals surface area contributed by atoms with Crippen LogP contribution in [-0.4, -0.2) is 42.0 Å². The number of ether oxygens (including phenoxy) is 1. The summed E-state index contributed by atoms with van der Waals surface area (Å²) in [6.07, 6.45) is 0.759. The summed E-state index contributed by atoms with van der Waals surface area (Å²) in [6, 6.07) is 9.66. The van der Waals surface area contributed by atoms with Crippen LogP contribution in [0.5, 0.6) is 0 Å². The van der Waals surface area contributed by atoms with Crippen LogP contribution in [0.25, 0.3) is 0 Å². The smallest absolute Gasteiger partial charge is 0.312 e. The molecule has 19 heavy (non-hydrogen) atoms. The Kier molecular flexibility index (Phi) is 3.21. The third-order valence-corrected chi connectivity index (χ3v) is 3.69. The molecule has 0 saturated carbocycles. The van der Waals surface area contributed by atoms with Gasteiger partial charge in [0.25, 0.3) is 0 Å². The van der Waals surface area contributed by atoms with E-state index in [0.717, 1.165) is 12.0 Å². The normalized spacial score (nSPS) is 26.8. The van der Waals surface area contributed by atoms with Gasteiger partial charge < -0.3 is 15.0 Å². The second-order valence-corrected chi connectivity index (χ2v) is 4.93. The number of carbonyl (C=O) groups excluding carboxylic acids is 2. The van der Waals surface area contributed by atoms with E-state index in [-0.39, 0.29) is 12.1 Å². The van der Waals surface area contributed by atoms with Crippen LogP contribution in [0.3, 0.4) is 0 Å². The van der Waals surface area contributed by atoms with Gasteiger partial charge in [-0.15, -0.1) is 0 Å². The zero-order chi connectivity index (χ0) is 13.2. The van der Waals surface area contributed by atoms with Gasteiger partial charge in [0, 0.05) is 13.2 Å². The van der Waals surface area contributed by atoms with Crippen LogP contribution in [0.1, 0.15) is 12.0 Å². The van der Waals surface area contributed by atoms with E-state index in [1.165, 1.54) is 0 Å². The van der Waals surface area contributed by atoms with Gasteiger partial charge >= 0.3 is 11.8 Å². The van der Waals surface area contributed by atoms with Gasteiger partial charge in [0.2, 0.25) is 0 Å². The van der Waals surface area contributed by atoms with Gasteiger partial charge in [0.05, 0.1) is 18.7 Å². The van der Waals surface area contributed by atoms with Gasteiger partial charge in [-0.25, -0.2) is 0 Å². The first-order valence-corrected chi connectivity index (χ1v) is 6.49. The zero-order valence-electron chi connectivity index (χ0n) is 10.5. The van der Waals surface area contributed by atoms with Crippen molar-refractivity contribution >= 4 is 11.8 Å². The predicted octanol–water partition coefficient (Wildman–Crippen LogP) is 0.302. The summed E-state index contributed by atoms with van der Waals surface area (Å²) in [5.41, 5.74) is 1.02. The maximum absolute atomic E-state index is 12.0. The Morgan fingerprint density at radius 3 is 2.84 bits per heavy atom. The fourth-order valence-electron chi connectivity index (χ4n) is 2.68. The molecule has 1 N–H and O–H groups in total. The number of rotatable bonds is 2. The molecule has 3 rings (SSSR count). The van der Waals surface area contributed by atoms with Gasteiger partial charge in [-0.1, -0.05) is 30.3 Å². The molecule has 2 fully saturated rings. The van der Waals surface area contributed by atoms with E-state index in [9.17, 15) is 9.59 Å². The van der Waals surface area contributed by atoms with Crippen molar-refractivity contribution in [3.63, 3.8) is 0 Å². The van der Waals surface area contributed by atoms with Crippen molar-refractivity contribution < 1.29 is 14.3 Å². The van der Waals surface area contributed by atoms with Crippen molar-refractivity contribution in [3.05, 3.63) is 35.9 Å². The molecular formula is C14H16N2O3. The fourth-order valence-corrected chi connectivity index (χ4v) is 2.68. The summed E-state index contributed by atoms with van der Waals surface area (Å²) in [7, 11) is 0. The highest BCUT2D eigenvalue weighted by Crippen LogP contribution is 2.21. The number of piperazine rings is 1. The van der Waals surface area contributed by atoms with Gasteiger partial charge in [-0.3, -0.25) is 9.59 Å². The molecule has 2 aliphatic rings. The number of nitrogens with zero attached hydrogens (tertiary/aromatic N) is 1. The Hall–Kier alpha value is -1.88. The quantitative estimate of drug-likeness (QED) is 0.778. The van der Waals surface area contributed by atoms with Crippen LogP contribution in [0.2, 0.25) is 0 Å². The molecule has 2 heterocycles. The summed E-state index contributed by atoms with van der Waals surface area (Å²) < 4.78 is 5.45. The Labute approximate surface area is 111 Å². The number of hydrogen-bond acceptors (Lipinski definition) is 3. The monoisotopic (exact) mass is 260 g/mol. The third-order valence-electron chi connectivity index (χ3n) is 3.69.